The largest absolute Gasteiger partial charge is 0.480 e. The number of carbonyl (C=O) groups excluding carboxylic acids is 1. The van der Waals surface area contributed by atoms with Crippen LogP contribution in [0.15, 0.2) is 0 Å². The van der Waals surface area contributed by atoms with E-state index in [4.69, 9.17) is 5.11 Å². The van der Waals surface area contributed by atoms with Crippen LogP contribution in [0.4, 0.5) is 4.79 Å². The SMILES string of the molecule is CN(C(=O)NC1(C)CC1)C(C)(C)C(=O)O. The lowest BCUT2D eigenvalue weighted by atomic mass is 10.0. The Kier molecular flexibility index (Phi) is 2.67. The first-order valence-electron chi connectivity index (χ1n) is 4.98. The van der Waals surface area contributed by atoms with E-state index in [0.717, 1.165) is 12.8 Å². The molecule has 0 aromatic rings. The predicted octanol–water partition coefficient (Wildman–Crippen LogP) is 1.04. The Bertz CT molecular complexity index is 295. The Morgan fingerprint density at radius 3 is 2.20 bits per heavy atom. The number of urea groups is 1. The van der Waals surface area contributed by atoms with Gasteiger partial charge in [0.25, 0.3) is 0 Å². The molecule has 0 aliphatic heterocycles. The molecule has 5 nitrogen and oxygen atoms in total. The molecule has 2 amide bonds. The number of aliphatic carboxylic acids is 1. The number of hydrogen-bond acceptors (Lipinski definition) is 2. The van der Waals surface area contributed by atoms with E-state index in [9.17, 15) is 9.59 Å². The highest BCUT2D eigenvalue weighted by atomic mass is 16.4. The minimum atomic E-state index is -1.19. The summed E-state index contributed by atoms with van der Waals surface area (Å²) in [7, 11) is 1.50. The van der Waals surface area contributed by atoms with Crippen molar-refractivity contribution in [1.29, 1.82) is 0 Å². The zero-order valence-corrected chi connectivity index (χ0v) is 9.63. The number of nitrogens with zero attached hydrogens (tertiary/aromatic N) is 1. The van der Waals surface area contributed by atoms with Crippen molar-refractivity contribution in [2.45, 2.75) is 44.7 Å². The molecule has 1 fully saturated rings. The van der Waals surface area contributed by atoms with Crippen molar-refractivity contribution in [3.05, 3.63) is 0 Å². The van der Waals surface area contributed by atoms with E-state index in [1.165, 1.54) is 25.8 Å². The predicted molar refractivity (Wildman–Crippen MR) is 55.6 cm³/mol. The lowest BCUT2D eigenvalue weighted by Crippen LogP contribution is -2.55. The molecule has 0 aromatic heterocycles. The second-order valence-electron chi connectivity index (χ2n) is 4.91. The average molecular weight is 214 g/mol. The lowest BCUT2D eigenvalue weighted by Gasteiger charge is -2.32. The van der Waals surface area contributed by atoms with Crippen molar-refractivity contribution in [2.24, 2.45) is 0 Å². The maximum Gasteiger partial charge on any atom is 0.329 e. The van der Waals surface area contributed by atoms with Crippen LogP contribution in [-0.2, 0) is 4.79 Å². The molecule has 15 heavy (non-hydrogen) atoms. The first-order valence-corrected chi connectivity index (χ1v) is 4.98. The van der Waals surface area contributed by atoms with E-state index in [1.807, 2.05) is 6.92 Å². The Labute approximate surface area is 89.4 Å². The summed E-state index contributed by atoms with van der Waals surface area (Å²) in [4.78, 5) is 23.8. The van der Waals surface area contributed by atoms with E-state index in [1.54, 1.807) is 0 Å². The Morgan fingerprint density at radius 2 is 1.87 bits per heavy atom. The molecule has 86 valence electrons. The maximum absolute atomic E-state index is 11.7. The highest BCUT2D eigenvalue weighted by molar-refractivity contribution is 5.85. The summed E-state index contributed by atoms with van der Waals surface area (Å²) in [5.41, 5.74) is -1.31. The number of carboxylic acids is 1. The fourth-order valence-corrected chi connectivity index (χ4v) is 1.05. The molecule has 0 atom stereocenters. The fourth-order valence-electron chi connectivity index (χ4n) is 1.05. The van der Waals surface area contributed by atoms with E-state index in [2.05, 4.69) is 5.32 Å². The fraction of sp³-hybridized carbons (Fsp3) is 0.800. The van der Waals surface area contributed by atoms with Crippen molar-refractivity contribution >= 4 is 12.0 Å². The van der Waals surface area contributed by atoms with Gasteiger partial charge in [0, 0.05) is 12.6 Å². The molecular weight excluding hydrogens is 196 g/mol. The number of nitrogens with one attached hydrogen (secondary N) is 1. The number of hydrogen-bond donors (Lipinski definition) is 2. The zero-order valence-electron chi connectivity index (χ0n) is 9.63. The standard InChI is InChI=1S/C10H18N2O3/c1-9(2,7(13)14)12(4)8(15)11-10(3)5-6-10/h5-6H2,1-4H3,(H,11,15)(H,13,14). The van der Waals surface area contributed by atoms with Gasteiger partial charge in [0.05, 0.1) is 0 Å². The molecule has 2 N–H and O–H groups in total. The van der Waals surface area contributed by atoms with Crippen molar-refractivity contribution in [3.8, 4) is 0 Å². The van der Waals surface area contributed by atoms with Gasteiger partial charge in [-0.05, 0) is 33.6 Å². The lowest BCUT2D eigenvalue weighted by molar-refractivity contribution is -0.146. The van der Waals surface area contributed by atoms with Crippen LogP contribution in [0, 0.1) is 0 Å². The Hall–Kier alpha value is -1.26. The molecule has 0 bridgehead atoms. The van der Waals surface area contributed by atoms with Gasteiger partial charge < -0.3 is 15.3 Å². The molecule has 1 saturated carbocycles. The van der Waals surface area contributed by atoms with Gasteiger partial charge >= 0.3 is 12.0 Å². The molecular formula is C10H18N2O3. The van der Waals surface area contributed by atoms with Gasteiger partial charge in [-0.15, -0.1) is 0 Å². The molecule has 5 heteroatoms. The molecule has 1 rings (SSSR count). The average Bonchev–Trinajstić information content (AvgIpc) is 2.81. The number of carbonyl (C=O) groups is 2. The molecule has 0 aromatic carbocycles. The van der Waals surface area contributed by atoms with Crippen molar-refractivity contribution in [2.75, 3.05) is 7.05 Å². The summed E-state index contributed by atoms with van der Waals surface area (Å²) in [6.45, 7) is 4.96. The van der Waals surface area contributed by atoms with E-state index in [0.29, 0.717) is 0 Å². The third kappa shape index (κ3) is 2.40. The van der Waals surface area contributed by atoms with Gasteiger partial charge in [-0.2, -0.15) is 0 Å². The van der Waals surface area contributed by atoms with E-state index in [-0.39, 0.29) is 11.6 Å². The van der Waals surface area contributed by atoms with Crippen molar-refractivity contribution in [1.82, 2.24) is 10.2 Å². The molecule has 1 aliphatic rings. The molecule has 0 unspecified atom stereocenters. The maximum atomic E-state index is 11.7. The zero-order chi connectivity index (χ0) is 11.9. The van der Waals surface area contributed by atoms with Gasteiger partial charge in [0.2, 0.25) is 0 Å². The minimum absolute atomic E-state index is 0.125. The Morgan fingerprint density at radius 1 is 1.40 bits per heavy atom. The van der Waals surface area contributed by atoms with Crippen LogP contribution >= 0.6 is 0 Å². The summed E-state index contributed by atoms with van der Waals surface area (Å²) in [6, 6.07) is -0.331. The van der Waals surface area contributed by atoms with Crippen LogP contribution in [0.1, 0.15) is 33.6 Å². The van der Waals surface area contributed by atoms with Crippen molar-refractivity contribution in [3.63, 3.8) is 0 Å². The van der Waals surface area contributed by atoms with Gasteiger partial charge in [-0.3, -0.25) is 0 Å². The summed E-state index contributed by atoms with van der Waals surface area (Å²) in [5.74, 6) is -1.01. The smallest absolute Gasteiger partial charge is 0.329 e. The molecule has 1 aliphatic carbocycles. The summed E-state index contributed by atoms with van der Waals surface area (Å²) in [6.07, 6.45) is 1.92. The van der Waals surface area contributed by atoms with Gasteiger partial charge in [0.1, 0.15) is 5.54 Å². The van der Waals surface area contributed by atoms with Crippen LogP contribution in [0.25, 0.3) is 0 Å². The summed E-state index contributed by atoms with van der Waals surface area (Å²) >= 11 is 0. The van der Waals surface area contributed by atoms with Crippen LogP contribution in [0.5, 0.6) is 0 Å². The number of rotatable bonds is 3. The van der Waals surface area contributed by atoms with Gasteiger partial charge in [0.15, 0.2) is 0 Å². The molecule has 0 saturated heterocycles. The minimum Gasteiger partial charge on any atom is -0.480 e. The molecule has 0 radical (unpaired) electrons. The molecule has 0 heterocycles. The van der Waals surface area contributed by atoms with Gasteiger partial charge in [-0.25, -0.2) is 9.59 Å². The molecule has 0 spiro atoms. The monoisotopic (exact) mass is 214 g/mol. The van der Waals surface area contributed by atoms with Gasteiger partial charge in [-0.1, -0.05) is 0 Å². The number of amides is 2. The summed E-state index contributed by atoms with van der Waals surface area (Å²) in [5, 5.41) is 11.8. The summed E-state index contributed by atoms with van der Waals surface area (Å²) < 4.78 is 0. The van der Waals surface area contributed by atoms with Crippen LogP contribution < -0.4 is 5.32 Å². The normalized spacial score (nSPS) is 18.1. The Balaban J connectivity index is 2.63. The van der Waals surface area contributed by atoms with Crippen LogP contribution in [0.2, 0.25) is 0 Å². The van der Waals surface area contributed by atoms with Crippen LogP contribution in [-0.4, -0.2) is 40.1 Å². The highest BCUT2D eigenvalue weighted by Crippen LogP contribution is 2.34. The number of likely N-dealkylation sites (N-methyl/N-ethyl adjacent to an activating group) is 1. The quantitative estimate of drug-likeness (QED) is 0.737. The highest BCUT2D eigenvalue weighted by Gasteiger charge is 2.42. The van der Waals surface area contributed by atoms with Crippen molar-refractivity contribution < 1.29 is 14.7 Å². The first kappa shape index (κ1) is 11.8. The topological polar surface area (TPSA) is 69.6 Å². The third-order valence-electron chi connectivity index (χ3n) is 3.08. The van der Waals surface area contributed by atoms with E-state index < -0.39 is 11.5 Å². The first-order chi connectivity index (χ1) is 6.69. The second kappa shape index (κ2) is 3.40. The third-order valence-corrected chi connectivity index (χ3v) is 3.08. The van der Waals surface area contributed by atoms with E-state index >= 15 is 0 Å². The second-order valence-corrected chi connectivity index (χ2v) is 4.91. The van der Waals surface area contributed by atoms with Crippen LogP contribution in [0.3, 0.4) is 0 Å². The number of carboxylic acid groups (broad SMARTS) is 1.